The highest BCUT2D eigenvalue weighted by atomic mass is 16.1. The van der Waals surface area contributed by atoms with Gasteiger partial charge < -0.3 is 9.88 Å². The van der Waals surface area contributed by atoms with Gasteiger partial charge in [0, 0.05) is 18.2 Å². The fourth-order valence-electron chi connectivity index (χ4n) is 3.86. The highest BCUT2D eigenvalue weighted by Gasteiger charge is 2.18. The fourth-order valence-corrected chi connectivity index (χ4v) is 3.86. The number of carbonyl (C=O) groups is 1. The summed E-state index contributed by atoms with van der Waals surface area (Å²) in [7, 11) is 0. The molecular formula is C21H32N4O. The summed E-state index contributed by atoms with van der Waals surface area (Å²) in [4.78, 5) is 19.4. The van der Waals surface area contributed by atoms with E-state index >= 15 is 0 Å². The number of benzene rings is 1. The first-order valence-electron chi connectivity index (χ1n) is 10.1. The van der Waals surface area contributed by atoms with Crippen LogP contribution in [0.2, 0.25) is 0 Å². The second kappa shape index (κ2) is 8.67. The molecule has 0 unspecified atom stereocenters. The minimum atomic E-state index is 0.0694. The van der Waals surface area contributed by atoms with Crippen LogP contribution in [0.25, 0.3) is 11.0 Å². The first kappa shape index (κ1) is 18.9. The van der Waals surface area contributed by atoms with Crippen molar-refractivity contribution in [1.82, 2.24) is 14.5 Å². The van der Waals surface area contributed by atoms with Crippen LogP contribution in [-0.4, -0.2) is 33.4 Å². The van der Waals surface area contributed by atoms with Gasteiger partial charge >= 0.3 is 0 Å². The Kier molecular flexibility index (Phi) is 6.30. The molecule has 0 radical (unpaired) electrons. The van der Waals surface area contributed by atoms with Crippen molar-refractivity contribution in [2.24, 2.45) is 0 Å². The number of aromatic nitrogens is 2. The lowest BCUT2D eigenvalue weighted by atomic mass is 10.2. The molecule has 2 heterocycles. The van der Waals surface area contributed by atoms with E-state index in [9.17, 15) is 4.79 Å². The number of nitrogens with one attached hydrogen (secondary N) is 1. The van der Waals surface area contributed by atoms with Crippen LogP contribution in [-0.2, 0) is 11.3 Å². The molecule has 1 fully saturated rings. The van der Waals surface area contributed by atoms with E-state index in [1.165, 1.54) is 38.8 Å². The number of hydrogen-bond acceptors (Lipinski definition) is 3. The third-order valence-electron chi connectivity index (χ3n) is 5.10. The molecule has 5 heteroatoms. The molecule has 0 aliphatic carbocycles. The molecule has 26 heavy (non-hydrogen) atoms. The highest BCUT2D eigenvalue weighted by Crippen LogP contribution is 2.25. The summed E-state index contributed by atoms with van der Waals surface area (Å²) in [6.45, 7) is 9.68. The van der Waals surface area contributed by atoms with E-state index in [1.54, 1.807) is 0 Å². The van der Waals surface area contributed by atoms with Crippen LogP contribution in [0, 0.1) is 0 Å². The van der Waals surface area contributed by atoms with Crippen molar-refractivity contribution in [3.8, 4) is 0 Å². The van der Waals surface area contributed by atoms with Gasteiger partial charge in [0.1, 0.15) is 5.82 Å². The van der Waals surface area contributed by atoms with Crippen LogP contribution in [0.3, 0.4) is 0 Å². The Morgan fingerprint density at radius 3 is 2.58 bits per heavy atom. The zero-order valence-electron chi connectivity index (χ0n) is 16.4. The molecule has 0 spiro atoms. The molecule has 2 aromatic rings. The van der Waals surface area contributed by atoms with E-state index in [4.69, 9.17) is 4.98 Å². The predicted octanol–water partition coefficient (Wildman–Crippen LogP) is 4.73. The van der Waals surface area contributed by atoms with Crippen molar-refractivity contribution in [2.75, 3.05) is 18.4 Å². The van der Waals surface area contributed by atoms with Gasteiger partial charge in [-0.25, -0.2) is 4.98 Å². The molecule has 0 bridgehead atoms. The van der Waals surface area contributed by atoms with Gasteiger partial charge in [-0.3, -0.25) is 9.69 Å². The molecule has 1 aromatic heterocycles. The topological polar surface area (TPSA) is 50.2 Å². The SMILES string of the molecule is CCCC(=O)Nc1ccc2c(c1)nc(CN1CCCCCC1)n2C(C)C. The van der Waals surface area contributed by atoms with E-state index in [2.05, 4.69) is 34.7 Å². The van der Waals surface area contributed by atoms with Crippen LogP contribution < -0.4 is 5.32 Å². The van der Waals surface area contributed by atoms with Crippen molar-refractivity contribution in [1.29, 1.82) is 0 Å². The van der Waals surface area contributed by atoms with Crippen LogP contribution in [0.5, 0.6) is 0 Å². The van der Waals surface area contributed by atoms with Gasteiger partial charge in [0.25, 0.3) is 0 Å². The Morgan fingerprint density at radius 1 is 1.19 bits per heavy atom. The first-order valence-corrected chi connectivity index (χ1v) is 10.1. The number of anilines is 1. The summed E-state index contributed by atoms with van der Waals surface area (Å²) in [6.07, 6.45) is 6.68. The van der Waals surface area contributed by atoms with Gasteiger partial charge in [-0.05, 0) is 64.4 Å². The Labute approximate surface area is 156 Å². The molecule has 1 aromatic carbocycles. The van der Waals surface area contributed by atoms with Crippen molar-refractivity contribution in [3.63, 3.8) is 0 Å². The van der Waals surface area contributed by atoms with Gasteiger partial charge in [-0.1, -0.05) is 19.8 Å². The quantitative estimate of drug-likeness (QED) is 0.814. The average Bonchev–Trinajstić information content (AvgIpc) is 2.75. The van der Waals surface area contributed by atoms with E-state index in [0.29, 0.717) is 12.5 Å². The van der Waals surface area contributed by atoms with Crippen molar-refractivity contribution < 1.29 is 4.79 Å². The molecule has 1 N–H and O–H groups in total. The number of imidazole rings is 1. The Hall–Kier alpha value is -1.88. The van der Waals surface area contributed by atoms with Gasteiger partial charge in [0.05, 0.1) is 17.6 Å². The van der Waals surface area contributed by atoms with Gasteiger partial charge in [0.15, 0.2) is 0 Å². The van der Waals surface area contributed by atoms with Gasteiger partial charge in [-0.2, -0.15) is 0 Å². The monoisotopic (exact) mass is 356 g/mol. The molecule has 3 rings (SSSR count). The molecule has 1 aliphatic rings. The molecular weight excluding hydrogens is 324 g/mol. The van der Waals surface area contributed by atoms with E-state index < -0.39 is 0 Å². The normalized spacial score (nSPS) is 16.2. The number of carbonyl (C=O) groups excluding carboxylic acids is 1. The number of hydrogen-bond donors (Lipinski definition) is 1. The Bertz CT molecular complexity index is 742. The second-order valence-electron chi connectivity index (χ2n) is 7.68. The number of likely N-dealkylation sites (tertiary alicyclic amines) is 1. The van der Waals surface area contributed by atoms with Crippen molar-refractivity contribution in [3.05, 3.63) is 24.0 Å². The Morgan fingerprint density at radius 2 is 1.92 bits per heavy atom. The maximum absolute atomic E-state index is 11.9. The summed E-state index contributed by atoms with van der Waals surface area (Å²) >= 11 is 0. The Balaban J connectivity index is 1.87. The van der Waals surface area contributed by atoms with Crippen LogP contribution in [0.1, 0.15) is 71.2 Å². The number of fused-ring (bicyclic) bond motifs is 1. The zero-order valence-corrected chi connectivity index (χ0v) is 16.4. The van der Waals surface area contributed by atoms with Gasteiger partial charge in [0.2, 0.25) is 5.91 Å². The smallest absolute Gasteiger partial charge is 0.224 e. The van der Waals surface area contributed by atoms with Crippen molar-refractivity contribution >= 4 is 22.6 Å². The van der Waals surface area contributed by atoms with E-state index in [-0.39, 0.29) is 5.91 Å². The minimum absolute atomic E-state index is 0.0694. The second-order valence-corrected chi connectivity index (χ2v) is 7.68. The van der Waals surface area contributed by atoms with Gasteiger partial charge in [-0.15, -0.1) is 0 Å². The lowest BCUT2D eigenvalue weighted by Crippen LogP contribution is -2.26. The third-order valence-corrected chi connectivity index (χ3v) is 5.10. The summed E-state index contributed by atoms with van der Waals surface area (Å²) in [5.74, 6) is 1.20. The predicted molar refractivity (Wildman–Crippen MR) is 107 cm³/mol. The fraction of sp³-hybridized carbons (Fsp3) is 0.619. The lowest BCUT2D eigenvalue weighted by Gasteiger charge is -2.21. The van der Waals surface area contributed by atoms with E-state index in [0.717, 1.165) is 35.5 Å². The average molecular weight is 357 g/mol. The first-order chi connectivity index (χ1) is 12.6. The largest absolute Gasteiger partial charge is 0.326 e. The maximum atomic E-state index is 11.9. The molecule has 142 valence electrons. The van der Waals surface area contributed by atoms with Crippen LogP contribution >= 0.6 is 0 Å². The summed E-state index contributed by atoms with van der Waals surface area (Å²) in [6, 6.07) is 6.46. The molecule has 1 amide bonds. The number of rotatable bonds is 6. The van der Waals surface area contributed by atoms with E-state index in [1.807, 2.05) is 19.1 Å². The zero-order chi connectivity index (χ0) is 18.5. The minimum Gasteiger partial charge on any atom is -0.326 e. The number of amides is 1. The van der Waals surface area contributed by atoms with Crippen LogP contribution in [0.4, 0.5) is 5.69 Å². The molecule has 0 atom stereocenters. The molecule has 0 saturated carbocycles. The lowest BCUT2D eigenvalue weighted by molar-refractivity contribution is -0.116. The number of nitrogens with zero attached hydrogens (tertiary/aromatic N) is 3. The third kappa shape index (κ3) is 4.44. The van der Waals surface area contributed by atoms with Crippen molar-refractivity contribution in [2.45, 2.75) is 71.9 Å². The molecule has 1 aliphatic heterocycles. The summed E-state index contributed by atoms with van der Waals surface area (Å²) in [5.41, 5.74) is 2.96. The highest BCUT2D eigenvalue weighted by molar-refractivity contribution is 5.93. The molecule has 5 nitrogen and oxygen atoms in total. The molecule has 1 saturated heterocycles. The van der Waals surface area contributed by atoms with Crippen LogP contribution in [0.15, 0.2) is 18.2 Å². The standard InChI is InChI=1S/C21H32N4O/c1-4-9-21(26)22-17-10-11-19-18(14-17)23-20(25(19)16(2)3)15-24-12-7-5-6-8-13-24/h10-11,14,16H,4-9,12-13,15H2,1-3H3,(H,22,26). The summed E-state index contributed by atoms with van der Waals surface area (Å²) < 4.78 is 2.35. The maximum Gasteiger partial charge on any atom is 0.224 e. The summed E-state index contributed by atoms with van der Waals surface area (Å²) in [5, 5.41) is 2.98.